The van der Waals surface area contributed by atoms with E-state index in [2.05, 4.69) is 5.32 Å². The Kier molecular flexibility index (Phi) is 5.70. The highest BCUT2D eigenvalue weighted by atomic mass is 32.2. The minimum absolute atomic E-state index is 0.0292. The first-order valence-corrected chi connectivity index (χ1v) is 9.72. The number of sulfonamides is 1. The van der Waals surface area contributed by atoms with Crippen LogP contribution in [-0.2, 0) is 14.8 Å². The van der Waals surface area contributed by atoms with Crippen molar-refractivity contribution in [2.75, 3.05) is 46.0 Å². The molecule has 2 fully saturated rings. The van der Waals surface area contributed by atoms with E-state index in [1.807, 2.05) is 0 Å². The predicted octanol–water partition coefficient (Wildman–Crippen LogP) is 1.23. The highest BCUT2D eigenvalue weighted by Crippen LogP contribution is 2.25. The van der Waals surface area contributed by atoms with Crippen LogP contribution in [0.5, 0.6) is 5.75 Å². The van der Waals surface area contributed by atoms with Gasteiger partial charge in [0.2, 0.25) is 10.0 Å². The predicted molar refractivity (Wildman–Crippen MR) is 87.1 cm³/mol. The van der Waals surface area contributed by atoms with E-state index in [4.69, 9.17) is 9.47 Å². The van der Waals surface area contributed by atoms with Gasteiger partial charge in [0.25, 0.3) is 0 Å². The fourth-order valence-corrected chi connectivity index (χ4v) is 4.38. The second-order valence-corrected chi connectivity index (χ2v) is 8.08. The van der Waals surface area contributed by atoms with Crippen LogP contribution in [0, 0.1) is 11.7 Å². The zero-order valence-corrected chi connectivity index (χ0v) is 14.4. The van der Waals surface area contributed by atoms with Gasteiger partial charge in [-0.3, -0.25) is 0 Å². The molecule has 0 radical (unpaired) electrons. The minimum Gasteiger partial charge on any atom is -0.490 e. The molecule has 0 aliphatic carbocycles. The van der Waals surface area contributed by atoms with E-state index in [1.165, 1.54) is 16.4 Å². The molecule has 0 bridgehead atoms. The van der Waals surface area contributed by atoms with Crippen LogP contribution < -0.4 is 10.1 Å². The summed E-state index contributed by atoms with van der Waals surface area (Å²) in [5, 5.41) is 3.15. The Labute approximate surface area is 142 Å². The Morgan fingerprint density at radius 2 is 2.21 bits per heavy atom. The van der Waals surface area contributed by atoms with E-state index in [-0.39, 0.29) is 16.6 Å². The maximum absolute atomic E-state index is 14.3. The summed E-state index contributed by atoms with van der Waals surface area (Å²) in [5.74, 6) is -0.307. The normalized spacial score (nSPS) is 23.1. The van der Waals surface area contributed by atoms with E-state index in [0.717, 1.165) is 25.5 Å². The Balaban J connectivity index is 1.70. The highest BCUT2D eigenvalue weighted by molar-refractivity contribution is 7.89. The Morgan fingerprint density at radius 3 is 2.96 bits per heavy atom. The molecule has 0 aromatic heterocycles. The fraction of sp³-hybridized carbons (Fsp3) is 0.625. The van der Waals surface area contributed by atoms with E-state index in [9.17, 15) is 12.8 Å². The molecule has 134 valence electrons. The molecule has 1 aromatic rings. The molecule has 2 aliphatic rings. The van der Waals surface area contributed by atoms with Crippen LogP contribution in [0.2, 0.25) is 0 Å². The molecule has 0 amide bonds. The van der Waals surface area contributed by atoms with Crippen LogP contribution >= 0.6 is 0 Å². The number of hydrogen-bond acceptors (Lipinski definition) is 5. The van der Waals surface area contributed by atoms with Crippen molar-refractivity contribution < 1.29 is 22.3 Å². The average Bonchev–Trinajstić information content (AvgIpc) is 2.93. The molecule has 0 saturated carbocycles. The van der Waals surface area contributed by atoms with Crippen LogP contribution in [-0.4, -0.2) is 58.7 Å². The molecule has 2 heterocycles. The van der Waals surface area contributed by atoms with Crippen molar-refractivity contribution in [2.24, 2.45) is 5.92 Å². The molecular weight excluding hydrogens is 335 g/mol. The van der Waals surface area contributed by atoms with Crippen LogP contribution in [0.25, 0.3) is 0 Å². The summed E-state index contributed by atoms with van der Waals surface area (Å²) in [6.45, 7) is 3.93. The quantitative estimate of drug-likeness (QED) is 0.857. The zero-order chi connectivity index (χ0) is 17.0. The maximum Gasteiger partial charge on any atom is 0.243 e. The number of ether oxygens (including phenoxy) is 2. The summed E-state index contributed by atoms with van der Waals surface area (Å²) < 4.78 is 51.7. The lowest BCUT2D eigenvalue weighted by Crippen LogP contribution is -2.34. The van der Waals surface area contributed by atoms with Crippen LogP contribution in [0.3, 0.4) is 0 Å². The minimum atomic E-state index is -3.68. The van der Waals surface area contributed by atoms with Gasteiger partial charge in [-0.1, -0.05) is 0 Å². The lowest BCUT2D eigenvalue weighted by atomic mass is 10.1. The van der Waals surface area contributed by atoms with E-state index < -0.39 is 15.8 Å². The molecule has 2 aliphatic heterocycles. The van der Waals surface area contributed by atoms with Crippen LogP contribution in [0.15, 0.2) is 23.1 Å². The van der Waals surface area contributed by atoms with E-state index in [1.54, 1.807) is 0 Å². The standard InChI is InChI=1S/C16H23FN2O4S/c17-15-10-14(24(20,21)19-7-1-5-18-6-8-19)2-3-16(15)23-12-13-4-9-22-11-13/h2-3,10,13,18H,1,4-9,11-12H2. The summed E-state index contributed by atoms with van der Waals surface area (Å²) in [4.78, 5) is -0.0292. The molecule has 3 rings (SSSR count). The smallest absolute Gasteiger partial charge is 0.243 e. The van der Waals surface area contributed by atoms with Gasteiger partial charge in [-0.2, -0.15) is 4.31 Å². The van der Waals surface area contributed by atoms with Crippen LogP contribution in [0.4, 0.5) is 4.39 Å². The van der Waals surface area contributed by atoms with Crippen LogP contribution in [0.1, 0.15) is 12.8 Å². The van der Waals surface area contributed by atoms with Gasteiger partial charge in [0.05, 0.1) is 18.1 Å². The lowest BCUT2D eigenvalue weighted by Gasteiger charge is -2.20. The second kappa shape index (κ2) is 7.77. The zero-order valence-electron chi connectivity index (χ0n) is 13.5. The fourth-order valence-electron chi connectivity index (χ4n) is 2.89. The van der Waals surface area contributed by atoms with Gasteiger partial charge in [0.15, 0.2) is 11.6 Å². The van der Waals surface area contributed by atoms with Gasteiger partial charge in [0, 0.05) is 32.2 Å². The molecule has 1 atom stereocenters. The summed E-state index contributed by atoms with van der Waals surface area (Å²) in [6.07, 6.45) is 1.64. The topological polar surface area (TPSA) is 67.9 Å². The summed E-state index contributed by atoms with van der Waals surface area (Å²) in [7, 11) is -3.68. The average molecular weight is 358 g/mol. The monoisotopic (exact) mass is 358 g/mol. The van der Waals surface area contributed by atoms with Crippen molar-refractivity contribution in [1.29, 1.82) is 0 Å². The molecule has 0 spiro atoms. The van der Waals surface area contributed by atoms with Gasteiger partial charge < -0.3 is 14.8 Å². The van der Waals surface area contributed by atoms with E-state index in [0.29, 0.717) is 39.5 Å². The number of benzene rings is 1. The third-order valence-electron chi connectivity index (χ3n) is 4.34. The molecule has 2 saturated heterocycles. The number of halogens is 1. The Hall–Kier alpha value is -1.22. The second-order valence-electron chi connectivity index (χ2n) is 6.14. The number of nitrogens with zero attached hydrogens (tertiary/aromatic N) is 1. The first kappa shape index (κ1) is 17.6. The first-order chi connectivity index (χ1) is 11.6. The molecule has 6 nitrogen and oxygen atoms in total. The molecule has 1 N–H and O–H groups in total. The number of hydrogen-bond donors (Lipinski definition) is 1. The van der Waals surface area contributed by atoms with Gasteiger partial charge in [-0.05, 0) is 37.6 Å². The van der Waals surface area contributed by atoms with Gasteiger partial charge >= 0.3 is 0 Å². The van der Waals surface area contributed by atoms with Gasteiger partial charge in [0.1, 0.15) is 0 Å². The first-order valence-electron chi connectivity index (χ1n) is 8.28. The van der Waals surface area contributed by atoms with Crippen molar-refractivity contribution in [2.45, 2.75) is 17.7 Å². The maximum atomic E-state index is 14.3. The third-order valence-corrected chi connectivity index (χ3v) is 6.23. The Morgan fingerprint density at radius 1 is 1.33 bits per heavy atom. The highest BCUT2D eigenvalue weighted by Gasteiger charge is 2.26. The number of rotatable bonds is 5. The molecule has 24 heavy (non-hydrogen) atoms. The Bertz CT molecular complexity index is 654. The van der Waals surface area contributed by atoms with Crippen molar-refractivity contribution >= 4 is 10.0 Å². The van der Waals surface area contributed by atoms with Gasteiger partial charge in [-0.25, -0.2) is 12.8 Å². The molecule has 1 aromatic carbocycles. The van der Waals surface area contributed by atoms with Crippen molar-refractivity contribution in [3.8, 4) is 5.75 Å². The summed E-state index contributed by atoms with van der Waals surface area (Å²) in [5.41, 5.74) is 0. The summed E-state index contributed by atoms with van der Waals surface area (Å²) in [6, 6.07) is 3.86. The molecule has 8 heteroatoms. The van der Waals surface area contributed by atoms with Gasteiger partial charge in [-0.15, -0.1) is 0 Å². The van der Waals surface area contributed by atoms with Crippen molar-refractivity contribution in [3.63, 3.8) is 0 Å². The molecular formula is C16H23FN2O4S. The SMILES string of the molecule is O=S(=O)(c1ccc(OCC2CCOC2)c(F)c1)N1CCCNCC1. The molecule has 1 unspecified atom stereocenters. The third kappa shape index (κ3) is 4.05. The summed E-state index contributed by atoms with van der Waals surface area (Å²) >= 11 is 0. The largest absolute Gasteiger partial charge is 0.490 e. The number of nitrogens with one attached hydrogen (secondary N) is 1. The lowest BCUT2D eigenvalue weighted by molar-refractivity contribution is 0.165. The van der Waals surface area contributed by atoms with Crippen molar-refractivity contribution in [1.82, 2.24) is 9.62 Å². The van der Waals surface area contributed by atoms with Crippen molar-refractivity contribution in [3.05, 3.63) is 24.0 Å². The van der Waals surface area contributed by atoms with E-state index >= 15 is 0 Å².